The number of piperidine rings is 1. The van der Waals surface area contributed by atoms with Gasteiger partial charge in [0.2, 0.25) is 11.8 Å². The van der Waals surface area contributed by atoms with E-state index in [9.17, 15) is 27.6 Å². The van der Waals surface area contributed by atoms with Crippen LogP contribution in [-0.2, 0) is 28.7 Å². The molecule has 9 nitrogen and oxygen atoms in total. The van der Waals surface area contributed by atoms with Crippen molar-refractivity contribution in [3.05, 3.63) is 51.8 Å². The molecule has 0 unspecified atom stereocenters. The summed E-state index contributed by atoms with van der Waals surface area (Å²) in [5.74, 6) is 0.104. The van der Waals surface area contributed by atoms with Gasteiger partial charge in [-0.25, -0.2) is 0 Å². The van der Waals surface area contributed by atoms with E-state index in [2.05, 4.69) is 5.10 Å². The van der Waals surface area contributed by atoms with Crippen molar-refractivity contribution in [1.29, 1.82) is 0 Å². The number of hydrogen-bond donors (Lipinski definition) is 1. The number of aromatic nitrogens is 2. The first kappa shape index (κ1) is 27.7. The average Bonchev–Trinajstić information content (AvgIpc) is 3.49. The maximum atomic E-state index is 13.5. The van der Waals surface area contributed by atoms with Crippen LogP contribution >= 0.6 is 0 Å². The Labute approximate surface area is 235 Å². The molecule has 1 N–H and O–H groups in total. The smallest absolute Gasteiger partial charge is 0.387 e. The lowest BCUT2D eigenvalue weighted by atomic mass is 9.85. The van der Waals surface area contributed by atoms with Crippen LogP contribution in [0.3, 0.4) is 0 Å². The lowest BCUT2D eigenvalue weighted by molar-refractivity contribution is -0.138. The summed E-state index contributed by atoms with van der Waals surface area (Å²) in [5, 5.41) is 13.8. The highest BCUT2D eigenvalue weighted by Crippen LogP contribution is 2.57. The molecule has 2 atom stereocenters. The lowest BCUT2D eigenvalue weighted by Crippen LogP contribution is -2.51. The SMILES string of the molecule is Cc1c(C2CCN(C(=O)Cn3nc(C(=O)N4CCN(C(=O)CO)CC4)c4c3C[C@H]3C[C@@H]43)CC2)cccc1C(F)(F)F. The van der Waals surface area contributed by atoms with Gasteiger partial charge in [0, 0.05) is 50.5 Å². The Kier molecular flexibility index (Phi) is 7.07. The van der Waals surface area contributed by atoms with E-state index in [1.165, 1.54) is 13.0 Å². The Morgan fingerprint density at radius 3 is 2.29 bits per heavy atom. The van der Waals surface area contributed by atoms with Gasteiger partial charge in [-0.15, -0.1) is 0 Å². The molecule has 2 aromatic rings. The number of aliphatic hydroxyl groups excluding tert-OH is 1. The summed E-state index contributed by atoms with van der Waals surface area (Å²) in [4.78, 5) is 43.6. The van der Waals surface area contributed by atoms with Gasteiger partial charge in [-0.05, 0) is 67.6 Å². The molecule has 2 saturated heterocycles. The monoisotopic (exact) mass is 573 g/mol. The summed E-state index contributed by atoms with van der Waals surface area (Å²) in [6, 6.07) is 4.33. The second-order valence-electron chi connectivity index (χ2n) is 11.7. The molecule has 2 aliphatic carbocycles. The van der Waals surface area contributed by atoms with Gasteiger partial charge in [-0.2, -0.15) is 18.3 Å². The van der Waals surface area contributed by atoms with E-state index in [4.69, 9.17) is 5.11 Å². The molecule has 3 amide bonds. The third-order valence-electron chi connectivity index (χ3n) is 9.36. The van der Waals surface area contributed by atoms with E-state index in [1.807, 2.05) is 0 Å². The third-order valence-corrected chi connectivity index (χ3v) is 9.36. The van der Waals surface area contributed by atoms with Crippen LogP contribution in [0.4, 0.5) is 13.2 Å². The van der Waals surface area contributed by atoms with E-state index in [1.54, 1.807) is 25.4 Å². The average molecular weight is 574 g/mol. The van der Waals surface area contributed by atoms with E-state index >= 15 is 0 Å². The molecule has 3 fully saturated rings. The summed E-state index contributed by atoms with van der Waals surface area (Å²) in [6.45, 7) is 3.34. The number of amides is 3. The predicted octanol–water partition coefficient (Wildman–Crippen LogP) is 2.55. The number of benzene rings is 1. The van der Waals surface area contributed by atoms with Crippen LogP contribution in [0, 0.1) is 12.8 Å². The number of carbonyl (C=O) groups excluding carboxylic acids is 3. The number of hydrogen-bond acceptors (Lipinski definition) is 5. The third kappa shape index (κ3) is 5.11. The molecular weight excluding hydrogens is 539 g/mol. The van der Waals surface area contributed by atoms with Crippen molar-refractivity contribution in [2.24, 2.45) is 5.92 Å². The largest absolute Gasteiger partial charge is 0.416 e. The zero-order valence-corrected chi connectivity index (χ0v) is 23.0. The second kappa shape index (κ2) is 10.5. The van der Waals surface area contributed by atoms with Gasteiger partial charge in [0.1, 0.15) is 13.2 Å². The van der Waals surface area contributed by atoms with Crippen molar-refractivity contribution < 1.29 is 32.7 Å². The minimum Gasteiger partial charge on any atom is -0.387 e. The number of nitrogens with zero attached hydrogens (tertiary/aromatic N) is 5. The fraction of sp³-hybridized carbons (Fsp3) is 0.586. The fourth-order valence-electron chi connectivity index (χ4n) is 6.96. The Balaban J connectivity index is 1.11. The summed E-state index contributed by atoms with van der Waals surface area (Å²) >= 11 is 0. The number of alkyl halides is 3. The number of rotatable bonds is 5. The molecular formula is C29H34F3N5O4. The normalized spacial score (nSPS) is 22.5. The number of likely N-dealkylation sites (tertiary alicyclic amines) is 1. The van der Waals surface area contributed by atoms with Crippen molar-refractivity contribution in [2.45, 2.75) is 57.2 Å². The van der Waals surface area contributed by atoms with Crippen LogP contribution in [0.1, 0.15) is 69.5 Å². The van der Waals surface area contributed by atoms with Crippen LogP contribution in [0.5, 0.6) is 0 Å². The minimum absolute atomic E-state index is 0.0289. The summed E-state index contributed by atoms with van der Waals surface area (Å²) < 4.78 is 41.9. The number of carbonyl (C=O) groups is 3. The van der Waals surface area contributed by atoms with Gasteiger partial charge in [0.15, 0.2) is 5.69 Å². The van der Waals surface area contributed by atoms with Gasteiger partial charge in [0.25, 0.3) is 5.91 Å². The molecule has 1 aromatic heterocycles. The van der Waals surface area contributed by atoms with Crippen molar-refractivity contribution in [1.82, 2.24) is 24.5 Å². The number of aliphatic hydroxyl groups is 1. The standard InChI is InChI=1S/C29H34F3N5O4/c1-17-20(3-2-4-22(17)29(30,31)32)18-5-7-34(8-6-18)24(39)15-37-23-14-19-13-21(19)26(23)27(33-37)28(41)36-11-9-35(10-12-36)25(40)16-38/h2-4,18-19,21,38H,5-16H2,1H3/t19-,21-/m1/s1. The summed E-state index contributed by atoms with van der Waals surface area (Å²) in [7, 11) is 0. The fourth-order valence-corrected chi connectivity index (χ4v) is 6.96. The van der Waals surface area contributed by atoms with Gasteiger partial charge >= 0.3 is 6.18 Å². The van der Waals surface area contributed by atoms with Gasteiger partial charge in [0.05, 0.1) is 5.56 Å². The van der Waals surface area contributed by atoms with Crippen molar-refractivity contribution in [2.75, 3.05) is 45.9 Å². The first-order valence-corrected chi connectivity index (χ1v) is 14.3. The van der Waals surface area contributed by atoms with Crippen LogP contribution in [0.2, 0.25) is 0 Å². The van der Waals surface area contributed by atoms with Crippen molar-refractivity contribution >= 4 is 17.7 Å². The number of piperazine rings is 1. The van der Waals surface area contributed by atoms with Gasteiger partial charge in [-0.1, -0.05) is 12.1 Å². The highest BCUT2D eigenvalue weighted by molar-refractivity contribution is 5.95. The maximum Gasteiger partial charge on any atom is 0.416 e. The molecule has 1 saturated carbocycles. The zero-order chi connectivity index (χ0) is 29.1. The van der Waals surface area contributed by atoms with Crippen LogP contribution in [-0.4, -0.2) is 93.2 Å². The Morgan fingerprint density at radius 2 is 1.63 bits per heavy atom. The lowest BCUT2D eigenvalue weighted by Gasteiger charge is -2.34. The summed E-state index contributed by atoms with van der Waals surface area (Å²) in [5.41, 5.74) is 2.66. The first-order valence-electron chi connectivity index (χ1n) is 14.3. The quantitative estimate of drug-likeness (QED) is 0.593. The van der Waals surface area contributed by atoms with Crippen molar-refractivity contribution in [3.8, 4) is 0 Å². The first-order chi connectivity index (χ1) is 19.6. The molecule has 0 radical (unpaired) electrons. The Hall–Kier alpha value is -3.41. The van der Waals surface area contributed by atoms with E-state index in [0.717, 1.165) is 30.2 Å². The van der Waals surface area contributed by atoms with E-state index in [-0.39, 0.29) is 35.7 Å². The molecule has 3 heterocycles. The summed E-state index contributed by atoms with van der Waals surface area (Å²) in [6.07, 6.45) is -1.40. The predicted molar refractivity (Wildman–Crippen MR) is 141 cm³/mol. The zero-order valence-electron chi connectivity index (χ0n) is 23.0. The Bertz CT molecular complexity index is 1370. The van der Waals surface area contributed by atoms with Crippen molar-refractivity contribution in [3.63, 3.8) is 0 Å². The molecule has 220 valence electrons. The number of fused-ring (bicyclic) bond motifs is 3. The van der Waals surface area contributed by atoms with Crippen LogP contribution in [0.25, 0.3) is 0 Å². The van der Waals surface area contributed by atoms with Crippen LogP contribution < -0.4 is 0 Å². The molecule has 2 aliphatic heterocycles. The van der Waals surface area contributed by atoms with Gasteiger partial charge < -0.3 is 19.8 Å². The topological polar surface area (TPSA) is 99.0 Å². The second-order valence-corrected chi connectivity index (χ2v) is 11.7. The molecule has 0 bridgehead atoms. The van der Waals surface area contributed by atoms with Crippen LogP contribution in [0.15, 0.2) is 18.2 Å². The molecule has 4 aliphatic rings. The molecule has 41 heavy (non-hydrogen) atoms. The highest BCUT2D eigenvalue weighted by Gasteiger charge is 2.50. The Morgan fingerprint density at radius 1 is 0.976 bits per heavy atom. The van der Waals surface area contributed by atoms with E-state index in [0.29, 0.717) is 75.2 Å². The maximum absolute atomic E-state index is 13.5. The molecule has 12 heteroatoms. The number of halogens is 3. The van der Waals surface area contributed by atoms with Gasteiger partial charge in [-0.3, -0.25) is 19.1 Å². The molecule has 6 rings (SSSR count). The molecule has 1 aromatic carbocycles. The molecule has 0 spiro atoms. The van der Waals surface area contributed by atoms with E-state index < -0.39 is 18.3 Å². The minimum atomic E-state index is -4.39. The highest BCUT2D eigenvalue weighted by atomic mass is 19.4.